The lowest BCUT2D eigenvalue weighted by Crippen LogP contribution is -2.40. The van der Waals surface area contributed by atoms with Crippen molar-refractivity contribution in [3.05, 3.63) is 69.7 Å². The van der Waals surface area contributed by atoms with Gasteiger partial charge in [-0.15, -0.1) is 0 Å². The molecule has 0 heterocycles. The molecule has 0 aliphatic rings. The molecular weight excluding hydrogens is 328 g/mol. The first-order chi connectivity index (χ1) is 11.0. The maximum atomic E-state index is 12.1. The van der Waals surface area contributed by atoms with E-state index in [9.17, 15) is 4.79 Å². The van der Waals surface area contributed by atoms with Gasteiger partial charge >= 0.3 is 0 Å². The minimum Gasteiger partial charge on any atom is -0.362 e. The molecule has 23 heavy (non-hydrogen) atoms. The van der Waals surface area contributed by atoms with E-state index in [0.29, 0.717) is 22.2 Å². The fourth-order valence-electron chi connectivity index (χ4n) is 2.30. The second kappa shape index (κ2) is 8.09. The molecular formula is C18H19ClN2OS. The van der Waals surface area contributed by atoms with Crippen LogP contribution in [0.4, 0.5) is 0 Å². The van der Waals surface area contributed by atoms with Gasteiger partial charge in [-0.25, -0.2) is 0 Å². The van der Waals surface area contributed by atoms with Gasteiger partial charge in [0.1, 0.15) is 0 Å². The number of benzene rings is 2. The van der Waals surface area contributed by atoms with Crippen LogP contribution in [0.3, 0.4) is 0 Å². The van der Waals surface area contributed by atoms with Crippen molar-refractivity contribution < 1.29 is 4.79 Å². The Labute approximate surface area is 147 Å². The van der Waals surface area contributed by atoms with Gasteiger partial charge in [0.15, 0.2) is 5.11 Å². The molecule has 0 saturated heterocycles. The predicted molar refractivity (Wildman–Crippen MR) is 99.1 cm³/mol. The number of halogens is 1. The Morgan fingerprint density at radius 3 is 2.61 bits per heavy atom. The first-order valence-corrected chi connectivity index (χ1v) is 8.16. The Morgan fingerprint density at radius 1 is 1.17 bits per heavy atom. The molecule has 0 aliphatic heterocycles. The van der Waals surface area contributed by atoms with Gasteiger partial charge in [-0.1, -0.05) is 47.5 Å². The van der Waals surface area contributed by atoms with Crippen molar-refractivity contribution in [2.24, 2.45) is 0 Å². The van der Waals surface area contributed by atoms with E-state index in [-0.39, 0.29) is 5.91 Å². The highest BCUT2D eigenvalue weighted by Gasteiger charge is 2.10. The molecule has 5 heteroatoms. The lowest BCUT2D eigenvalue weighted by Gasteiger charge is -2.11. The molecule has 2 N–H and O–H groups in total. The van der Waals surface area contributed by atoms with Crippen molar-refractivity contribution in [1.82, 2.24) is 10.6 Å². The number of hydrogen-bond donors (Lipinski definition) is 2. The summed E-state index contributed by atoms with van der Waals surface area (Å²) in [5.74, 6) is -0.306. The number of thiocarbonyl (C=S) groups is 1. The Kier molecular flexibility index (Phi) is 6.13. The van der Waals surface area contributed by atoms with Crippen LogP contribution >= 0.6 is 23.8 Å². The fourth-order valence-corrected chi connectivity index (χ4v) is 2.71. The minimum absolute atomic E-state index is 0.305. The number of amides is 1. The maximum absolute atomic E-state index is 12.1. The molecule has 0 radical (unpaired) electrons. The average Bonchev–Trinajstić information content (AvgIpc) is 2.49. The molecule has 0 unspecified atom stereocenters. The molecule has 0 fully saturated rings. The van der Waals surface area contributed by atoms with Gasteiger partial charge in [0.25, 0.3) is 5.91 Å². The third-order valence-corrected chi connectivity index (χ3v) is 4.10. The zero-order chi connectivity index (χ0) is 16.8. The van der Waals surface area contributed by atoms with E-state index in [1.54, 1.807) is 24.3 Å². The lowest BCUT2D eigenvalue weighted by atomic mass is 10.0. The summed E-state index contributed by atoms with van der Waals surface area (Å²) in [7, 11) is 0. The van der Waals surface area contributed by atoms with Gasteiger partial charge in [-0.3, -0.25) is 10.1 Å². The Morgan fingerprint density at radius 2 is 1.91 bits per heavy atom. The summed E-state index contributed by atoms with van der Waals surface area (Å²) in [6.07, 6.45) is 0.841. The molecule has 2 aromatic carbocycles. The average molecular weight is 347 g/mol. The van der Waals surface area contributed by atoms with Crippen molar-refractivity contribution >= 4 is 34.8 Å². The summed E-state index contributed by atoms with van der Waals surface area (Å²) in [5, 5.41) is 6.40. The van der Waals surface area contributed by atoms with E-state index >= 15 is 0 Å². The Balaban J connectivity index is 1.83. The van der Waals surface area contributed by atoms with Gasteiger partial charge in [-0.2, -0.15) is 0 Å². The van der Waals surface area contributed by atoms with Crippen LogP contribution in [-0.4, -0.2) is 17.6 Å². The van der Waals surface area contributed by atoms with Crippen LogP contribution in [0.2, 0.25) is 5.02 Å². The summed E-state index contributed by atoms with van der Waals surface area (Å²) >= 11 is 11.1. The molecule has 120 valence electrons. The Bertz CT molecular complexity index is 731. The molecule has 0 saturated carbocycles. The van der Waals surface area contributed by atoms with Crippen LogP contribution in [0.15, 0.2) is 42.5 Å². The summed E-state index contributed by atoms with van der Waals surface area (Å²) in [6, 6.07) is 13.3. The van der Waals surface area contributed by atoms with Crippen molar-refractivity contribution in [2.75, 3.05) is 6.54 Å². The van der Waals surface area contributed by atoms with Gasteiger partial charge in [-0.05, 0) is 55.7 Å². The van der Waals surface area contributed by atoms with E-state index in [4.69, 9.17) is 23.8 Å². The molecule has 0 aliphatic carbocycles. The summed E-state index contributed by atoms with van der Waals surface area (Å²) < 4.78 is 0. The SMILES string of the molecule is Cc1ccc(CCNC(=S)NC(=O)c2ccccc2Cl)c(C)c1. The molecule has 0 atom stereocenters. The number of rotatable bonds is 4. The van der Waals surface area contributed by atoms with Crippen molar-refractivity contribution in [3.63, 3.8) is 0 Å². The zero-order valence-electron chi connectivity index (χ0n) is 13.2. The third kappa shape index (κ3) is 5.05. The standard InChI is InChI=1S/C18H19ClN2OS/c1-12-7-8-14(13(2)11-12)9-10-20-18(23)21-17(22)15-5-3-4-6-16(15)19/h3-8,11H,9-10H2,1-2H3,(H2,20,21,22,23). The number of aryl methyl sites for hydroxylation is 2. The van der Waals surface area contributed by atoms with Crippen molar-refractivity contribution in [3.8, 4) is 0 Å². The van der Waals surface area contributed by atoms with Gasteiger partial charge < -0.3 is 5.32 Å². The molecule has 1 amide bonds. The summed E-state index contributed by atoms with van der Waals surface area (Å²) in [5.41, 5.74) is 4.19. The summed E-state index contributed by atoms with van der Waals surface area (Å²) in [6.45, 7) is 4.83. The first kappa shape index (κ1) is 17.4. The molecule has 2 aromatic rings. The second-order valence-electron chi connectivity index (χ2n) is 5.37. The summed E-state index contributed by atoms with van der Waals surface area (Å²) in [4.78, 5) is 12.1. The van der Waals surface area contributed by atoms with Crippen molar-refractivity contribution in [2.45, 2.75) is 20.3 Å². The maximum Gasteiger partial charge on any atom is 0.258 e. The highest BCUT2D eigenvalue weighted by Crippen LogP contribution is 2.14. The van der Waals surface area contributed by atoms with E-state index in [1.807, 2.05) is 0 Å². The van der Waals surface area contributed by atoms with E-state index in [2.05, 4.69) is 42.7 Å². The third-order valence-electron chi connectivity index (χ3n) is 3.52. The molecule has 0 bridgehead atoms. The number of carbonyl (C=O) groups excluding carboxylic acids is 1. The van der Waals surface area contributed by atoms with Crippen LogP contribution in [0, 0.1) is 13.8 Å². The van der Waals surface area contributed by atoms with Crippen LogP contribution in [0.5, 0.6) is 0 Å². The normalized spacial score (nSPS) is 10.2. The highest BCUT2D eigenvalue weighted by atomic mass is 35.5. The topological polar surface area (TPSA) is 41.1 Å². The quantitative estimate of drug-likeness (QED) is 0.827. The molecule has 2 rings (SSSR count). The van der Waals surface area contributed by atoms with E-state index in [0.717, 1.165) is 6.42 Å². The van der Waals surface area contributed by atoms with Crippen LogP contribution in [0.1, 0.15) is 27.0 Å². The van der Waals surface area contributed by atoms with Crippen molar-refractivity contribution in [1.29, 1.82) is 0 Å². The first-order valence-electron chi connectivity index (χ1n) is 7.37. The number of hydrogen-bond acceptors (Lipinski definition) is 2. The van der Waals surface area contributed by atoms with Gasteiger partial charge in [0.05, 0.1) is 10.6 Å². The highest BCUT2D eigenvalue weighted by molar-refractivity contribution is 7.80. The molecule has 0 spiro atoms. The fraction of sp³-hybridized carbons (Fsp3) is 0.222. The van der Waals surface area contributed by atoms with E-state index in [1.165, 1.54) is 16.7 Å². The van der Waals surface area contributed by atoms with Crippen LogP contribution < -0.4 is 10.6 Å². The predicted octanol–water partition coefficient (Wildman–Crippen LogP) is 3.80. The smallest absolute Gasteiger partial charge is 0.258 e. The van der Waals surface area contributed by atoms with E-state index < -0.39 is 0 Å². The number of nitrogens with one attached hydrogen (secondary N) is 2. The zero-order valence-corrected chi connectivity index (χ0v) is 14.7. The van der Waals surface area contributed by atoms with Gasteiger partial charge in [0, 0.05) is 6.54 Å². The minimum atomic E-state index is -0.306. The lowest BCUT2D eigenvalue weighted by molar-refractivity contribution is 0.0977. The second-order valence-corrected chi connectivity index (χ2v) is 6.19. The Hall–Kier alpha value is -1.91. The van der Waals surface area contributed by atoms with Gasteiger partial charge in [0.2, 0.25) is 0 Å². The monoisotopic (exact) mass is 346 g/mol. The molecule has 3 nitrogen and oxygen atoms in total. The largest absolute Gasteiger partial charge is 0.362 e. The molecule has 0 aromatic heterocycles. The van der Waals surface area contributed by atoms with Crippen LogP contribution in [0.25, 0.3) is 0 Å². The van der Waals surface area contributed by atoms with Crippen LogP contribution in [-0.2, 0) is 6.42 Å². The number of carbonyl (C=O) groups is 1.